The van der Waals surface area contributed by atoms with Crippen molar-refractivity contribution < 1.29 is 8.42 Å². The van der Waals surface area contributed by atoms with Gasteiger partial charge < -0.3 is 4.57 Å². The number of hydrogen-bond donors (Lipinski definition) is 1. The number of benzene rings is 1. The maximum absolute atomic E-state index is 12.8. The molecule has 0 aliphatic heterocycles. The minimum absolute atomic E-state index is 0.110. The second-order valence-corrected chi connectivity index (χ2v) is 8.00. The second-order valence-electron chi connectivity index (χ2n) is 5.22. The first-order valence-electron chi connectivity index (χ1n) is 7.07. The van der Waals surface area contributed by atoms with Gasteiger partial charge in [0.05, 0.1) is 17.3 Å². The lowest BCUT2D eigenvalue weighted by atomic mass is 10.1. The molecule has 0 atom stereocenters. The summed E-state index contributed by atoms with van der Waals surface area (Å²) >= 11 is 1.51. The van der Waals surface area contributed by atoms with Crippen LogP contribution in [0.5, 0.6) is 0 Å². The average Bonchev–Trinajstić information content (AvgIpc) is 3.02. The quantitative estimate of drug-likeness (QED) is 0.769. The van der Waals surface area contributed by atoms with E-state index in [4.69, 9.17) is 0 Å². The van der Waals surface area contributed by atoms with E-state index >= 15 is 0 Å². The Morgan fingerprint density at radius 1 is 1.17 bits per heavy atom. The first-order valence-corrected chi connectivity index (χ1v) is 9.84. The van der Waals surface area contributed by atoms with Crippen molar-refractivity contribution in [2.75, 3.05) is 12.8 Å². The number of nitrogens with one attached hydrogen (secondary N) is 1. The maximum Gasteiger partial charge on any atom is 0.259 e. The summed E-state index contributed by atoms with van der Waals surface area (Å²) in [5, 5.41) is 2.88. The fourth-order valence-electron chi connectivity index (χ4n) is 2.50. The minimum atomic E-state index is -3.28. The predicted molar refractivity (Wildman–Crippen MR) is 94.4 cm³/mol. The topological polar surface area (TPSA) is 68.2 Å². The zero-order chi connectivity index (χ0) is 16.4. The SMILES string of the molecule is CS(=O)(=O)NCCn1c(=O)c(-c2cccs2)cc2ccccc21. The van der Waals surface area contributed by atoms with Crippen molar-refractivity contribution in [3.8, 4) is 10.4 Å². The highest BCUT2D eigenvalue weighted by molar-refractivity contribution is 7.88. The summed E-state index contributed by atoms with van der Waals surface area (Å²) in [6, 6.07) is 13.3. The van der Waals surface area contributed by atoms with Crippen LogP contribution in [0.2, 0.25) is 0 Å². The van der Waals surface area contributed by atoms with E-state index in [0.29, 0.717) is 5.56 Å². The highest BCUT2D eigenvalue weighted by Gasteiger charge is 2.12. The molecule has 120 valence electrons. The van der Waals surface area contributed by atoms with Gasteiger partial charge in [-0.1, -0.05) is 24.3 Å². The molecule has 0 unspecified atom stereocenters. The number of hydrogen-bond acceptors (Lipinski definition) is 4. The van der Waals surface area contributed by atoms with Gasteiger partial charge in [-0.25, -0.2) is 13.1 Å². The van der Waals surface area contributed by atoms with Gasteiger partial charge in [0.15, 0.2) is 0 Å². The second kappa shape index (κ2) is 6.27. The largest absolute Gasteiger partial charge is 0.306 e. The Morgan fingerprint density at radius 2 is 1.96 bits per heavy atom. The van der Waals surface area contributed by atoms with E-state index in [0.717, 1.165) is 22.0 Å². The molecular formula is C16H16N2O3S2. The normalized spacial score (nSPS) is 11.9. The van der Waals surface area contributed by atoms with E-state index < -0.39 is 10.0 Å². The molecule has 0 saturated heterocycles. The number of fused-ring (bicyclic) bond motifs is 1. The molecule has 0 bridgehead atoms. The third-order valence-corrected chi connectivity index (χ3v) is 5.12. The Balaban J connectivity index is 2.10. The summed E-state index contributed by atoms with van der Waals surface area (Å²) in [4.78, 5) is 13.7. The van der Waals surface area contributed by atoms with Crippen molar-refractivity contribution >= 4 is 32.3 Å². The van der Waals surface area contributed by atoms with Crippen LogP contribution in [0.15, 0.2) is 52.6 Å². The zero-order valence-corrected chi connectivity index (χ0v) is 14.2. The van der Waals surface area contributed by atoms with Gasteiger partial charge in [-0.15, -0.1) is 11.3 Å². The van der Waals surface area contributed by atoms with Crippen LogP contribution in [0.1, 0.15) is 0 Å². The minimum Gasteiger partial charge on any atom is -0.306 e. The van der Waals surface area contributed by atoms with E-state index in [-0.39, 0.29) is 18.6 Å². The van der Waals surface area contributed by atoms with Gasteiger partial charge >= 0.3 is 0 Å². The molecule has 5 nitrogen and oxygen atoms in total. The lowest BCUT2D eigenvalue weighted by Gasteiger charge is -2.12. The number of sulfonamides is 1. The predicted octanol–water partition coefficient (Wildman–Crippen LogP) is 2.28. The van der Waals surface area contributed by atoms with Crippen LogP contribution >= 0.6 is 11.3 Å². The molecule has 0 aliphatic carbocycles. The molecule has 2 heterocycles. The zero-order valence-electron chi connectivity index (χ0n) is 12.5. The highest BCUT2D eigenvalue weighted by atomic mass is 32.2. The molecule has 7 heteroatoms. The van der Waals surface area contributed by atoms with Gasteiger partial charge in [0.25, 0.3) is 5.56 Å². The van der Waals surface area contributed by atoms with Crippen molar-refractivity contribution in [2.45, 2.75) is 6.54 Å². The van der Waals surface area contributed by atoms with Crippen molar-refractivity contribution in [3.05, 3.63) is 58.2 Å². The molecule has 0 spiro atoms. The molecule has 0 fully saturated rings. The summed E-state index contributed by atoms with van der Waals surface area (Å²) in [6.45, 7) is 0.461. The first-order chi connectivity index (χ1) is 11.0. The Labute approximate surface area is 138 Å². The highest BCUT2D eigenvalue weighted by Crippen LogP contribution is 2.24. The molecule has 1 aromatic carbocycles. The number of para-hydroxylation sites is 1. The van der Waals surface area contributed by atoms with Crippen molar-refractivity contribution in [1.82, 2.24) is 9.29 Å². The van der Waals surface area contributed by atoms with Gasteiger partial charge in [-0.05, 0) is 29.0 Å². The van der Waals surface area contributed by atoms with Gasteiger partial charge in [0, 0.05) is 18.0 Å². The average molecular weight is 348 g/mol. The molecule has 0 aliphatic rings. The first kappa shape index (κ1) is 15.9. The Kier molecular flexibility index (Phi) is 4.34. The number of pyridine rings is 1. The molecule has 2 aromatic heterocycles. The third kappa shape index (κ3) is 3.52. The molecule has 3 rings (SSSR count). The number of aromatic nitrogens is 1. The standard InChI is InChI=1S/C16H16N2O3S2/c1-23(20,21)17-8-9-18-14-6-3-2-5-12(14)11-13(16(18)19)15-7-4-10-22-15/h2-7,10-11,17H,8-9H2,1H3. The lowest BCUT2D eigenvalue weighted by molar-refractivity contribution is 0.579. The van der Waals surface area contributed by atoms with E-state index in [2.05, 4.69) is 4.72 Å². The molecule has 23 heavy (non-hydrogen) atoms. The van der Waals surface area contributed by atoms with Crippen molar-refractivity contribution in [1.29, 1.82) is 0 Å². The fraction of sp³-hybridized carbons (Fsp3) is 0.188. The Morgan fingerprint density at radius 3 is 2.65 bits per heavy atom. The van der Waals surface area contributed by atoms with Gasteiger partial charge in [-0.3, -0.25) is 4.79 Å². The fourth-order valence-corrected chi connectivity index (χ4v) is 3.70. The lowest BCUT2D eigenvalue weighted by Crippen LogP contribution is -2.30. The van der Waals surface area contributed by atoms with Crippen molar-refractivity contribution in [2.24, 2.45) is 0 Å². The summed E-state index contributed by atoms with van der Waals surface area (Å²) in [5.74, 6) is 0. The van der Waals surface area contributed by atoms with Crippen LogP contribution in [0.25, 0.3) is 21.3 Å². The summed E-state index contributed by atoms with van der Waals surface area (Å²) in [5.41, 5.74) is 1.33. The summed E-state index contributed by atoms with van der Waals surface area (Å²) < 4.78 is 26.5. The molecule has 0 saturated carbocycles. The number of nitrogens with zero attached hydrogens (tertiary/aromatic N) is 1. The molecular weight excluding hydrogens is 332 g/mol. The van der Waals surface area contributed by atoms with Crippen LogP contribution in [0.3, 0.4) is 0 Å². The van der Waals surface area contributed by atoms with E-state index in [9.17, 15) is 13.2 Å². The number of rotatable bonds is 5. The van der Waals surface area contributed by atoms with Gasteiger partial charge in [0.1, 0.15) is 0 Å². The molecule has 0 radical (unpaired) electrons. The van der Waals surface area contributed by atoms with E-state index in [1.807, 2.05) is 47.8 Å². The smallest absolute Gasteiger partial charge is 0.259 e. The van der Waals surface area contributed by atoms with Gasteiger partial charge in [-0.2, -0.15) is 0 Å². The summed E-state index contributed by atoms with van der Waals surface area (Å²) in [6.07, 6.45) is 1.11. The maximum atomic E-state index is 12.8. The van der Waals surface area contributed by atoms with Gasteiger partial charge in [0.2, 0.25) is 10.0 Å². The molecule has 3 aromatic rings. The van der Waals surface area contributed by atoms with Crippen LogP contribution in [-0.4, -0.2) is 25.8 Å². The monoisotopic (exact) mass is 348 g/mol. The summed E-state index contributed by atoms with van der Waals surface area (Å²) in [7, 11) is -3.28. The molecule has 1 N–H and O–H groups in total. The van der Waals surface area contributed by atoms with E-state index in [1.165, 1.54) is 11.3 Å². The molecule has 0 amide bonds. The third-order valence-electron chi connectivity index (χ3n) is 3.49. The van der Waals surface area contributed by atoms with Crippen LogP contribution in [0, 0.1) is 0 Å². The Bertz CT molecular complexity index is 990. The van der Waals surface area contributed by atoms with Crippen LogP contribution in [0.4, 0.5) is 0 Å². The van der Waals surface area contributed by atoms with Crippen LogP contribution in [-0.2, 0) is 16.6 Å². The van der Waals surface area contributed by atoms with Crippen LogP contribution < -0.4 is 10.3 Å². The van der Waals surface area contributed by atoms with E-state index in [1.54, 1.807) is 4.57 Å². The number of thiophene rings is 1. The Hall–Kier alpha value is -1.96. The van der Waals surface area contributed by atoms with Crippen molar-refractivity contribution in [3.63, 3.8) is 0 Å².